The summed E-state index contributed by atoms with van der Waals surface area (Å²) in [4.78, 5) is 25.4. The maximum absolute atomic E-state index is 12.4. The highest BCUT2D eigenvalue weighted by atomic mass is 19.4. The summed E-state index contributed by atoms with van der Waals surface area (Å²) in [5, 5.41) is 2.72. The summed E-state index contributed by atoms with van der Waals surface area (Å²) >= 11 is 0. The maximum Gasteiger partial charge on any atom is 0.411 e. The molecule has 2 amide bonds. The van der Waals surface area contributed by atoms with Gasteiger partial charge in [0.2, 0.25) is 11.8 Å². The lowest BCUT2D eigenvalue weighted by atomic mass is 9.89. The smallest absolute Gasteiger partial charge is 0.372 e. The molecule has 0 aromatic carbocycles. The standard InChI is InChI=1S/C13H21F3N2O3/c1-3-12(4-2)11(20)18(8-10(19)17-12)6-5-7-21-9-13(14,15)16/h3-9H2,1-2H3,(H,17,19). The SMILES string of the molecule is CCC1(CC)NC(=O)CN(CCCOCC(F)(F)F)C1=O. The van der Waals surface area contributed by atoms with E-state index in [4.69, 9.17) is 0 Å². The van der Waals surface area contributed by atoms with Crippen LogP contribution in [0.4, 0.5) is 13.2 Å². The fourth-order valence-corrected chi connectivity index (χ4v) is 2.36. The Kier molecular flexibility index (Phi) is 6.00. The molecule has 5 nitrogen and oxygen atoms in total. The molecule has 1 aliphatic heterocycles. The van der Waals surface area contributed by atoms with Crippen LogP contribution in [0.3, 0.4) is 0 Å². The Morgan fingerprint density at radius 2 is 1.90 bits per heavy atom. The Hall–Kier alpha value is -1.31. The Bertz CT molecular complexity index is 381. The molecular formula is C13H21F3N2O3. The van der Waals surface area contributed by atoms with Crippen molar-refractivity contribution in [2.24, 2.45) is 0 Å². The molecule has 21 heavy (non-hydrogen) atoms. The second-order valence-electron chi connectivity index (χ2n) is 5.09. The largest absolute Gasteiger partial charge is 0.411 e. The number of rotatable bonds is 7. The fourth-order valence-electron chi connectivity index (χ4n) is 2.36. The first kappa shape index (κ1) is 17.7. The Morgan fingerprint density at radius 1 is 1.29 bits per heavy atom. The van der Waals surface area contributed by atoms with Crippen LogP contribution in [0.1, 0.15) is 33.1 Å². The molecule has 0 aliphatic carbocycles. The molecule has 122 valence electrons. The van der Waals surface area contributed by atoms with Crippen molar-refractivity contribution in [2.45, 2.75) is 44.8 Å². The van der Waals surface area contributed by atoms with E-state index in [0.717, 1.165) is 0 Å². The van der Waals surface area contributed by atoms with Gasteiger partial charge in [-0.1, -0.05) is 13.8 Å². The number of hydrogen-bond acceptors (Lipinski definition) is 3. The lowest BCUT2D eigenvalue weighted by molar-refractivity contribution is -0.174. The third-order valence-electron chi connectivity index (χ3n) is 3.60. The topological polar surface area (TPSA) is 58.6 Å². The summed E-state index contributed by atoms with van der Waals surface area (Å²) in [5.41, 5.74) is -0.887. The van der Waals surface area contributed by atoms with E-state index >= 15 is 0 Å². The van der Waals surface area contributed by atoms with Gasteiger partial charge in [-0.05, 0) is 19.3 Å². The molecule has 0 unspecified atom stereocenters. The summed E-state index contributed by atoms with van der Waals surface area (Å²) in [6.07, 6.45) is -3.12. The van der Waals surface area contributed by atoms with Gasteiger partial charge in [0.15, 0.2) is 0 Å². The summed E-state index contributed by atoms with van der Waals surface area (Å²) in [6.45, 7) is 2.40. The maximum atomic E-state index is 12.4. The Morgan fingerprint density at radius 3 is 2.43 bits per heavy atom. The predicted octanol–water partition coefficient (Wildman–Crippen LogP) is 1.47. The molecule has 1 aliphatic rings. The Balaban J connectivity index is 2.47. The number of nitrogens with zero attached hydrogens (tertiary/aromatic N) is 1. The summed E-state index contributed by atoms with van der Waals surface area (Å²) in [6, 6.07) is 0. The van der Waals surface area contributed by atoms with Gasteiger partial charge in [0.25, 0.3) is 0 Å². The van der Waals surface area contributed by atoms with E-state index in [0.29, 0.717) is 12.8 Å². The number of carbonyl (C=O) groups is 2. The van der Waals surface area contributed by atoms with Crippen molar-refractivity contribution in [1.82, 2.24) is 10.2 Å². The molecule has 1 fully saturated rings. The van der Waals surface area contributed by atoms with Crippen LogP contribution in [0.5, 0.6) is 0 Å². The highest BCUT2D eigenvalue weighted by Crippen LogP contribution is 2.22. The minimum atomic E-state index is -4.35. The van der Waals surface area contributed by atoms with Gasteiger partial charge in [-0.2, -0.15) is 13.2 Å². The highest BCUT2D eigenvalue weighted by Gasteiger charge is 2.43. The molecule has 0 bridgehead atoms. The molecule has 1 N–H and O–H groups in total. The number of ether oxygens (including phenoxy) is 1. The first-order chi connectivity index (χ1) is 9.74. The van der Waals surface area contributed by atoms with Crippen LogP contribution in [-0.2, 0) is 14.3 Å². The molecule has 0 spiro atoms. The second kappa shape index (κ2) is 7.11. The number of halogens is 3. The van der Waals surface area contributed by atoms with Crippen molar-refractivity contribution in [3.8, 4) is 0 Å². The summed E-state index contributed by atoms with van der Waals surface area (Å²) in [5.74, 6) is -0.419. The second-order valence-corrected chi connectivity index (χ2v) is 5.09. The highest BCUT2D eigenvalue weighted by molar-refractivity contribution is 5.97. The van der Waals surface area contributed by atoms with Crippen molar-refractivity contribution < 1.29 is 27.5 Å². The molecule has 0 aromatic rings. The number of carbonyl (C=O) groups excluding carboxylic acids is 2. The Labute approximate surface area is 121 Å². The van der Waals surface area contributed by atoms with Crippen LogP contribution < -0.4 is 5.32 Å². The van der Waals surface area contributed by atoms with Gasteiger partial charge in [0.05, 0.1) is 6.54 Å². The van der Waals surface area contributed by atoms with Crippen molar-refractivity contribution in [1.29, 1.82) is 0 Å². The van der Waals surface area contributed by atoms with Gasteiger partial charge in [0.1, 0.15) is 12.1 Å². The molecule has 0 aromatic heterocycles. The van der Waals surface area contributed by atoms with E-state index in [-0.39, 0.29) is 37.9 Å². The van der Waals surface area contributed by atoms with Crippen molar-refractivity contribution in [2.75, 3.05) is 26.3 Å². The lowest BCUT2D eigenvalue weighted by Gasteiger charge is -2.41. The number of nitrogens with one attached hydrogen (secondary N) is 1. The van der Waals surface area contributed by atoms with Gasteiger partial charge in [-0.3, -0.25) is 9.59 Å². The lowest BCUT2D eigenvalue weighted by Crippen LogP contribution is -2.66. The molecule has 1 saturated heterocycles. The number of hydrogen-bond donors (Lipinski definition) is 1. The van der Waals surface area contributed by atoms with Crippen molar-refractivity contribution in [3.05, 3.63) is 0 Å². The number of alkyl halides is 3. The van der Waals surface area contributed by atoms with E-state index in [1.54, 1.807) is 0 Å². The molecule has 0 saturated carbocycles. The van der Waals surface area contributed by atoms with E-state index in [2.05, 4.69) is 10.1 Å². The van der Waals surface area contributed by atoms with Gasteiger partial charge in [0, 0.05) is 13.2 Å². The van der Waals surface area contributed by atoms with Crippen LogP contribution in [0, 0.1) is 0 Å². The zero-order valence-corrected chi connectivity index (χ0v) is 12.3. The van der Waals surface area contributed by atoms with Gasteiger partial charge in [-0.25, -0.2) is 0 Å². The summed E-state index contributed by atoms with van der Waals surface area (Å²) in [7, 11) is 0. The van der Waals surface area contributed by atoms with E-state index in [1.165, 1.54) is 4.90 Å². The van der Waals surface area contributed by atoms with Crippen LogP contribution in [-0.4, -0.2) is 54.7 Å². The zero-order valence-electron chi connectivity index (χ0n) is 12.3. The number of piperazine rings is 1. The molecule has 1 heterocycles. The van der Waals surface area contributed by atoms with Crippen LogP contribution >= 0.6 is 0 Å². The quantitative estimate of drug-likeness (QED) is 0.725. The first-order valence-corrected chi connectivity index (χ1v) is 6.99. The minimum Gasteiger partial charge on any atom is -0.372 e. The molecule has 0 atom stereocenters. The van der Waals surface area contributed by atoms with Crippen LogP contribution in [0.25, 0.3) is 0 Å². The summed E-state index contributed by atoms with van der Waals surface area (Å²) < 4.78 is 40.2. The van der Waals surface area contributed by atoms with E-state index < -0.39 is 18.3 Å². The third kappa shape index (κ3) is 4.87. The van der Waals surface area contributed by atoms with E-state index in [9.17, 15) is 22.8 Å². The third-order valence-corrected chi connectivity index (χ3v) is 3.60. The monoisotopic (exact) mass is 310 g/mol. The molecular weight excluding hydrogens is 289 g/mol. The molecule has 8 heteroatoms. The minimum absolute atomic E-state index is 0.0557. The van der Waals surface area contributed by atoms with Crippen LogP contribution in [0.2, 0.25) is 0 Å². The number of amides is 2. The fraction of sp³-hybridized carbons (Fsp3) is 0.846. The average Bonchev–Trinajstić information content (AvgIpc) is 2.40. The average molecular weight is 310 g/mol. The van der Waals surface area contributed by atoms with Gasteiger partial charge < -0.3 is 15.0 Å². The van der Waals surface area contributed by atoms with Gasteiger partial charge in [-0.15, -0.1) is 0 Å². The van der Waals surface area contributed by atoms with Crippen molar-refractivity contribution in [3.63, 3.8) is 0 Å². The molecule has 1 rings (SSSR count). The van der Waals surface area contributed by atoms with Gasteiger partial charge >= 0.3 is 6.18 Å². The van der Waals surface area contributed by atoms with Crippen LogP contribution in [0.15, 0.2) is 0 Å². The zero-order chi connectivity index (χ0) is 16.1. The first-order valence-electron chi connectivity index (χ1n) is 6.99. The molecule has 0 radical (unpaired) electrons. The normalized spacial score (nSPS) is 18.8. The van der Waals surface area contributed by atoms with Crippen molar-refractivity contribution >= 4 is 11.8 Å². The predicted molar refractivity (Wildman–Crippen MR) is 69.5 cm³/mol. The van der Waals surface area contributed by atoms with E-state index in [1.807, 2.05) is 13.8 Å².